The van der Waals surface area contributed by atoms with Crippen LogP contribution in [0.3, 0.4) is 0 Å². The van der Waals surface area contributed by atoms with Crippen LogP contribution in [0.5, 0.6) is 0 Å². The summed E-state index contributed by atoms with van der Waals surface area (Å²) in [6, 6.07) is 7.31. The zero-order chi connectivity index (χ0) is 17.5. The standard InChI is InChI=1S/C20H29N3O2/c24-19(16-22-12-4-3-5-13-22)21-18-10-8-17(9-11-18)20(25)23-14-6-1-2-7-15-23/h8-11H,1-7,12-16H2,(H,21,24). The first-order valence-corrected chi connectivity index (χ1v) is 9.64. The van der Waals surface area contributed by atoms with Crippen LogP contribution in [0.4, 0.5) is 5.69 Å². The highest BCUT2D eigenvalue weighted by Crippen LogP contribution is 2.16. The molecule has 0 bridgehead atoms. The van der Waals surface area contributed by atoms with Gasteiger partial charge in [0.25, 0.3) is 5.91 Å². The molecule has 0 aliphatic carbocycles. The lowest BCUT2D eigenvalue weighted by Crippen LogP contribution is -2.36. The minimum absolute atomic E-state index is 0.0218. The van der Waals surface area contributed by atoms with Crippen molar-refractivity contribution in [2.45, 2.75) is 44.9 Å². The highest BCUT2D eigenvalue weighted by atomic mass is 16.2. The van der Waals surface area contributed by atoms with E-state index in [0.29, 0.717) is 12.1 Å². The van der Waals surface area contributed by atoms with Crippen LogP contribution in [0.2, 0.25) is 0 Å². The lowest BCUT2D eigenvalue weighted by molar-refractivity contribution is -0.117. The lowest BCUT2D eigenvalue weighted by atomic mass is 10.1. The predicted octanol–water partition coefficient (Wildman–Crippen LogP) is 3.13. The topological polar surface area (TPSA) is 52.7 Å². The molecular weight excluding hydrogens is 314 g/mol. The summed E-state index contributed by atoms with van der Waals surface area (Å²) >= 11 is 0. The van der Waals surface area contributed by atoms with Gasteiger partial charge < -0.3 is 10.2 Å². The molecule has 0 unspecified atom stereocenters. The highest BCUT2D eigenvalue weighted by Gasteiger charge is 2.17. The maximum Gasteiger partial charge on any atom is 0.253 e. The van der Waals surface area contributed by atoms with E-state index in [1.54, 1.807) is 0 Å². The molecule has 2 amide bonds. The SMILES string of the molecule is O=C(CN1CCCCC1)Nc1ccc(C(=O)N2CCCCCC2)cc1. The third kappa shape index (κ3) is 5.30. The molecule has 2 saturated heterocycles. The Hall–Kier alpha value is -1.88. The molecule has 0 atom stereocenters. The molecule has 0 radical (unpaired) electrons. The average molecular weight is 343 g/mol. The number of likely N-dealkylation sites (tertiary alicyclic amines) is 2. The summed E-state index contributed by atoms with van der Waals surface area (Å²) in [5.41, 5.74) is 1.46. The number of hydrogen-bond acceptors (Lipinski definition) is 3. The minimum Gasteiger partial charge on any atom is -0.339 e. The molecule has 25 heavy (non-hydrogen) atoms. The van der Waals surface area contributed by atoms with Crippen molar-refractivity contribution in [2.75, 3.05) is 38.0 Å². The number of rotatable bonds is 4. The Bertz CT molecular complexity index is 571. The van der Waals surface area contributed by atoms with Crippen molar-refractivity contribution in [1.82, 2.24) is 9.80 Å². The van der Waals surface area contributed by atoms with Gasteiger partial charge in [0.05, 0.1) is 6.54 Å². The molecule has 2 fully saturated rings. The predicted molar refractivity (Wildman–Crippen MR) is 99.7 cm³/mol. The number of hydrogen-bond donors (Lipinski definition) is 1. The first kappa shape index (κ1) is 17.9. The second-order valence-electron chi connectivity index (χ2n) is 7.17. The number of piperidine rings is 1. The van der Waals surface area contributed by atoms with Gasteiger partial charge in [0, 0.05) is 24.3 Å². The molecule has 5 heteroatoms. The molecule has 136 valence electrons. The Morgan fingerprint density at radius 2 is 1.36 bits per heavy atom. The van der Waals surface area contributed by atoms with Crippen molar-refractivity contribution >= 4 is 17.5 Å². The summed E-state index contributed by atoms with van der Waals surface area (Å²) in [7, 11) is 0. The van der Waals surface area contributed by atoms with Gasteiger partial charge in [0.2, 0.25) is 5.91 Å². The zero-order valence-electron chi connectivity index (χ0n) is 15.0. The lowest BCUT2D eigenvalue weighted by Gasteiger charge is -2.25. The summed E-state index contributed by atoms with van der Waals surface area (Å²) in [6.07, 6.45) is 8.25. The van der Waals surface area contributed by atoms with E-state index < -0.39 is 0 Å². The molecule has 2 aliphatic heterocycles. The molecule has 5 nitrogen and oxygen atoms in total. The van der Waals surface area contributed by atoms with E-state index in [-0.39, 0.29) is 11.8 Å². The van der Waals surface area contributed by atoms with E-state index in [1.807, 2.05) is 29.2 Å². The average Bonchev–Trinajstić information content (AvgIpc) is 2.92. The van der Waals surface area contributed by atoms with Crippen LogP contribution >= 0.6 is 0 Å². The zero-order valence-corrected chi connectivity index (χ0v) is 15.0. The largest absolute Gasteiger partial charge is 0.339 e. The van der Waals surface area contributed by atoms with Crippen LogP contribution in [0.1, 0.15) is 55.3 Å². The van der Waals surface area contributed by atoms with Crippen molar-refractivity contribution in [3.8, 4) is 0 Å². The van der Waals surface area contributed by atoms with E-state index in [9.17, 15) is 9.59 Å². The molecule has 1 N–H and O–H groups in total. The fraction of sp³-hybridized carbons (Fsp3) is 0.600. The number of nitrogens with zero attached hydrogens (tertiary/aromatic N) is 2. The van der Waals surface area contributed by atoms with Crippen LogP contribution in [0.25, 0.3) is 0 Å². The molecule has 1 aromatic rings. The van der Waals surface area contributed by atoms with Crippen LogP contribution in [-0.4, -0.2) is 54.3 Å². The molecule has 1 aromatic carbocycles. The number of nitrogens with one attached hydrogen (secondary N) is 1. The van der Waals surface area contributed by atoms with Gasteiger partial charge in [-0.3, -0.25) is 14.5 Å². The van der Waals surface area contributed by atoms with Crippen LogP contribution < -0.4 is 5.32 Å². The fourth-order valence-electron chi connectivity index (χ4n) is 3.67. The minimum atomic E-state index is 0.0218. The monoisotopic (exact) mass is 343 g/mol. The third-order valence-corrected chi connectivity index (χ3v) is 5.12. The summed E-state index contributed by atoms with van der Waals surface area (Å²) in [4.78, 5) is 28.9. The first-order chi connectivity index (χ1) is 12.2. The third-order valence-electron chi connectivity index (χ3n) is 5.12. The van der Waals surface area contributed by atoms with Gasteiger partial charge in [-0.25, -0.2) is 0 Å². The van der Waals surface area contributed by atoms with Crippen molar-refractivity contribution in [3.05, 3.63) is 29.8 Å². The van der Waals surface area contributed by atoms with Gasteiger partial charge in [-0.05, 0) is 63.0 Å². The van der Waals surface area contributed by atoms with Gasteiger partial charge in [0.1, 0.15) is 0 Å². The van der Waals surface area contributed by atoms with Crippen molar-refractivity contribution in [3.63, 3.8) is 0 Å². The van der Waals surface area contributed by atoms with Gasteiger partial charge in [-0.2, -0.15) is 0 Å². The van der Waals surface area contributed by atoms with Crippen LogP contribution in [-0.2, 0) is 4.79 Å². The summed E-state index contributed by atoms with van der Waals surface area (Å²) < 4.78 is 0. The van der Waals surface area contributed by atoms with Crippen molar-refractivity contribution in [1.29, 1.82) is 0 Å². The summed E-state index contributed by atoms with van der Waals surface area (Å²) in [5.74, 6) is 0.126. The van der Waals surface area contributed by atoms with E-state index >= 15 is 0 Å². The Morgan fingerprint density at radius 1 is 0.800 bits per heavy atom. The van der Waals surface area contributed by atoms with E-state index in [0.717, 1.165) is 44.7 Å². The van der Waals surface area contributed by atoms with E-state index in [1.165, 1.54) is 32.1 Å². The highest BCUT2D eigenvalue weighted by molar-refractivity contribution is 5.96. The Labute approximate surface area is 150 Å². The number of benzene rings is 1. The number of anilines is 1. The van der Waals surface area contributed by atoms with Gasteiger partial charge in [0.15, 0.2) is 0 Å². The molecule has 2 heterocycles. The Balaban J connectivity index is 1.52. The molecular formula is C20H29N3O2. The molecule has 3 rings (SSSR count). The number of carbonyl (C=O) groups excluding carboxylic acids is 2. The van der Waals surface area contributed by atoms with E-state index in [2.05, 4.69) is 10.2 Å². The Kier molecular flexibility index (Phi) is 6.45. The van der Waals surface area contributed by atoms with Crippen molar-refractivity contribution in [2.24, 2.45) is 0 Å². The smallest absolute Gasteiger partial charge is 0.253 e. The summed E-state index contributed by atoms with van der Waals surface area (Å²) in [5, 5.41) is 2.94. The molecule has 0 spiro atoms. The molecule has 0 aromatic heterocycles. The number of amides is 2. The number of carbonyl (C=O) groups is 2. The van der Waals surface area contributed by atoms with Crippen LogP contribution in [0, 0.1) is 0 Å². The maximum absolute atomic E-state index is 12.6. The normalized spacial score (nSPS) is 19.3. The second kappa shape index (κ2) is 8.99. The summed E-state index contributed by atoms with van der Waals surface area (Å²) in [6.45, 7) is 4.18. The Morgan fingerprint density at radius 3 is 2.00 bits per heavy atom. The first-order valence-electron chi connectivity index (χ1n) is 9.64. The second-order valence-corrected chi connectivity index (χ2v) is 7.17. The van der Waals surface area contributed by atoms with Crippen molar-refractivity contribution < 1.29 is 9.59 Å². The van der Waals surface area contributed by atoms with E-state index in [4.69, 9.17) is 0 Å². The maximum atomic E-state index is 12.6. The fourth-order valence-corrected chi connectivity index (χ4v) is 3.67. The quantitative estimate of drug-likeness (QED) is 0.914. The van der Waals surface area contributed by atoms with Gasteiger partial charge >= 0.3 is 0 Å². The molecule has 0 saturated carbocycles. The van der Waals surface area contributed by atoms with Crippen LogP contribution in [0.15, 0.2) is 24.3 Å². The van der Waals surface area contributed by atoms with Gasteiger partial charge in [-0.15, -0.1) is 0 Å². The molecule has 2 aliphatic rings. The van der Waals surface area contributed by atoms with Gasteiger partial charge in [-0.1, -0.05) is 19.3 Å².